The first-order chi connectivity index (χ1) is 15.5. The fourth-order valence-electron chi connectivity index (χ4n) is 3.58. The Balaban J connectivity index is 1.61. The van der Waals surface area contributed by atoms with Crippen LogP contribution in [-0.2, 0) is 0 Å². The van der Waals surface area contributed by atoms with Crippen LogP contribution in [0.4, 0.5) is 22.9 Å². The summed E-state index contributed by atoms with van der Waals surface area (Å²) in [5.41, 5.74) is 10.3. The van der Waals surface area contributed by atoms with Crippen molar-refractivity contribution in [2.24, 2.45) is 0 Å². The van der Waals surface area contributed by atoms with Gasteiger partial charge in [-0.25, -0.2) is 9.97 Å². The summed E-state index contributed by atoms with van der Waals surface area (Å²) in [6, 6.07) is 9.79. The smallest absolute Gasteiger partial charge is 0.258 e. The number of aromatic nitrogens is 4. The number of hydrogen-bond acceptors (Lipinski definition) is 8. The molecule has 0 bridgehead atoms. The van der Waals surface area contributed by atoms with Crippen molar-refractivity contribution in [2.75, 3.05) is 23.0 Å². The Kier molecular flexibility index (Phi) is 4.87. The van der Waals surface area contributed by atoms with Gasteiger partial charge in [-0.3, -0.25) is 14.8 Å². The lowest BCUT2D eigenvalue weighted by molar-refractivity contribution is 0.102. The second kappa shape index (κ2) is 7.86. The topological polar surface area (TPSA) is 110 Å². The highest BCUT2D eigenvalue weighted by atomic mass is 32.1. The zero-order valence-corrected chi connectivity index (χ0v) is 18.2. The molecule has 0 saturated heterocycles. The third-order valence-corrected chi connectivity index (χ3v) is 6.30. The van der Waals surface area contributed by atoms with Crippen molar-refractivity contribution in [1.82, 2.24) is 19.9 Å². The second-order valence-corrected chi connectivity index (χ2v) is 8.19. The van der Waals surface area contributed by atoms with Crippen LogP contribution in [0.15, 0.2) is 60.6 Å². The van der Waals surface area contributed by atoms with Gasteiger partial charge in [-0.1, -0.05) is 6.07 Å². The molecule has 0 saturated carbocycles. The van der Waals surface area contributed by atoms with E-state index in [0.29, 0.717) is 27.3 Å². The number of rotatable bonds is 4. The average Bonchev–Trinajstić information content (AvgIpc) is 3.25. The minimum absolute atomic E-state index is 0.268. The van der Waals surface area contributed by atoms with Crippen molar-refractivity contribution in [3.8, 4) is 0 Å². The molecule has 1 aromatic carbocycles. The third kappa shape index (κ3) is 3.38. The van der Waals surface area contributed by atoms with Crippen molar-refractivity contribution >= 4 is 61.1 Å². The molecule has 4 aromatic heterocycles. The lowest BCUT2D eigenvalue weighted by Crippen LogP contribution is -2.17. The van der Waals surface area contributed by atoms with Gasteiger partial charge < -0.3 is 16.0 Å². The number of amides is 1. The van der Waals surface area contributed by atoms with Crippen LogP contribution in [-0.4, -0.2) is 32.9 Å². The van der Waals surface area contributed by atoms with Gasteiger partial charge in [0.25, 0.3) is 5.91 Å². The molecule has 4 heterocycles. The quantitative estimate of drug-likeness (QED) is 0.421. The van der Waals surface area contributed by atoms with Gasteiger partial charge in [-0.15, -0.1) is 11.3 Å². The maximum Gasteiger partial charge on any atom is 0.258 e. The van der Waals surface area contributed by atoms with E-state index in [1.165, 1.54) is 17.7 Å². The molecule has 5 aromatic rings. The van der Waals surface area contributed by atoms with E-state index in [2.05, 4.69) is 25.3 Å². The Labute approximate surface area is 187 Å². The standard InChI is InChI=1S/C23H19N7OS/c1-13-3-5-15(10-26-13)30(2)18-6-4-14-9-25-8-7-16(14)19(18)29-23(31)17-11-32-21-20(17)27-12-28-22(21)24/h3-12H,1-2H3,(H,29,31)(H2,24,27,28). The molecule has 0 aliphatic rings. The molecule has 0 aliphatic heterocycles. The van der Waals surface area contributed by atoms with E-state index in [1.54, 1.807) is 17.8 Å². The lowest BCUT2D eigenvalue weighted by atomic mass is 10.1. The Morgan fingerprint density at radius 1 is 1.09 bits per heavy atom. The summed E-state index contributed by atoms with van der Waals surface area (Å²) in [4.78, 5) is 32.2. The van der Waals surface area contributed by atoms with Gasteiger partial charge in [-0.2, -0.15) is 0 Å². The van der Waals surface area contributed by atoms with Crippen LogP contribution in [0.2, 0.25) is 0 Å². The predicted octanol–water partition coefficient (Wildman–Crippen LogP) is 4.55. The average molecular weight is 442 g/mol. The number of carbonyl (C=O) groups excluding carboxylic acids is 1. The third-order valence-electron chi connectivity index (χ3n) is 5.31. The summed E-state index contributed by atoms with van der Waals surface area (Å²) in [5, 5.41) is 6.66. The number of aryl methyl sites for hydroxylation is 1. The van der Waals surface area contributed by atoms with Crippen molar-refractivity contribution < 1.29 is 4.79 Å². The number of nitrogens with one attached hydrogen (secondary N) is 1. The van der Waals surface area contributed by atoms with Gasteiger partial charge in [0.15, 0.2) is 0 Å². The molecule has 158 valence electrons. The van der Waals surface area contributed by atoms with Gasteiger partial charge in [0.05, 0.1) is 39.0 Å². The number of nitrogens with zero attached hydrogens (tertiary/aromatic N) is 5. The monoisotopic (exact) mass is 441 g/mol. The molecular formula is C23H19N7OS. The Hall–Kier alpha value is -4.11. The van der Waals surface area contributed by atoms with Crippen molar-refractivity contribution in [2.45, 2.75) is 6.92 Å². The molecule has 0 atom stereocenters. The van der Waals surface area contributed by atoms with Gasteiger partial charge >= 0.3 is 0 Å². The number of pyridine rings is 2. The molecule has 3 N–H and O–H groups in total. The molecule has 9 heteroatoms. The van der Waals surface area contributed by atoms with Crippen LogP contribution < -0.4 is 16.0 Å². The molecule has 0 spiro atoms. The first-order valence-corrected chi connectivity index (χ1v) is 10.7. The number of carbonyl (C=O) groups is 1. The highest BCUT2D eigenvalue weighted by Crippen LogP contribution is 2.37. The van der Waals surface area contributed by atoms with E-state index >= 15 is 0 Å². The van der Waals surface area contributed by atoms with Gasteiger partial charge in [0, 0.05) is 41.3 Å². The van der Waals surface area contributed by atoms with Gasteiger partial charge in [0.1, 0.15) is 12.1 Å². The molecule has 8 nitrogen and oxygen atoms in total. The molecule has 0 aliphatic carbocycles. The Morgan fingerprint density at radius 2 is 1.97 bits per heavy atom. The molecule has 1 amide bonds. The van der Waals surface area contributed by atoms with E-state index in [1.807, 2.05) is 55.4 Å². The molecule has 0 fully saturated rings. The summed E-state index contributed by atoms with van der Waals surface area (Å²) in [7, 11) is 1.94. The zero-order valence-electron chi connectivity index (χ0n) is 17.4. The fourth-order valence-corrected chi connectivity index (χ4v) is 4.48. The van der Waals surface area contributed by atoms with Crippen LogP contribution in [0.3, 0.4) is 0 Å². The minimum Gasteiger partial charge on any atom is -0.382 e. The summed E-state index contributed by atoms with van der Waals surface area (Å²) in [6.45, 7) is 1.94. The van der Waals surface area contributed by atoms with Crippen LogP contribution in [0.25, 0.3) is 21.0 Å². The summed E-state index contributed by atoms with van der Waals surface area (Å²) in [5.74, 6) is 0.0953. The Bertz CT molecular complexity index is 1460. The largest absolute Gasteiger partial charge is 0.382 e. The number of hydrogen-bond donors (Lipinski definition) is 2. The maximum absolute atomic E-state index is 13.3. The van der Waals surface area contributed by atoms with Crippen molar-refractivity contribution in [3.63, 3.8) is 0 Å². The number of nitrogens with two attached hydrogens (primary N) is 1. The molecule has 32 heavy (non-hydrogen) atoms. The summed E-state index contributed by atoms with van der Waals surface area (Å²) in [6.07, 6.45) is 6.66. The van der Waals surface area contributed by atoms with Gasteiger partial charge in [0.2, 0.25) is 0 Å². The predicted molar refractivity (Wildman–Crippen MR) is 129 cm³/mol. The van der Waals surface area contributed by atoms with E-state index in [-0.39, 0.29) is 5.91 Å². The fraction of sp³-hybridized carbons (Fsp3) is 0.0870. The summed E-state index contributed by atoms with van der Waals surface area (Å²) < 4.78 is 0.697. The highest BCUT2D eigenvalue weighted by Gasteiger charge is 2.20. The SMILES string of the molecule is Cc1ccc(N(C)c2ccc3cnccc3c2NC(=O)c2csc3c(N)ncnc23)cn1. The van der Waals surface area contributed by atoms with E-state index in [9.17, 15) is 4.79 Å². The second-order valence-electron chi connectivity index (χ2n) is 7.31. The molecular weight excluding hydrogens is 422 g/mol. The maximum atomic E-state index is 13.3. The van der Waals surface area contributed by atoms with Gasteiger partial charge in [-0.05, 0) is 31.2 Å². The number of thiophene rings is 1. The first-order valence-electron chi connectivity index (χ1n) is 9.85. The van der Waals surface area contributed by atoms with Crippen LogP contribution >= 0.6 is 11.3 Å². The van der Waals surface area contributed by atoms with Crippen LogP contribution in [0.5, 0.6) is 0 Å². The summed E-state index contributed by atoms with van der Waals surface area (Å²) >= 11 is 1.35. The normalized spacial score (nSPS) is 11.1. The Morgan fingerprint density at radius 3 is 2.78 bits per heavy atom. The van der Waals surface area contributed by atoms with E-state index in [4.69, 9.17) is 5.73 Å². The number of benzene rings is 1. The zero-order chi connectivity index (χ0) is 22.2. The van der Waals surface area contributed by atoms with E-state index in [0.717, 1.165) is 27.8 Å². The number of fused-ring (bicyclic) bond motifs is 2. The molecule has 0 unspecified atom stereocenters. The number of nitrogen functional groups attached to an aromatic ring is 1. The van der Waals surface area contributed by atoms with Crippen LogP contribution in [0.1, 0.15) is 16.1 Å². The van der Waals surface area contributed by atoms with Crippen LogP contribution in [0, 0.1) is 6.92 Å². The highest BCUT2D eigenvalue weighted by molar-refractivity contribution is 7.18. The molecule has 0 radical (unpaired) electrons. The first kappa shape index (κ1) is 19.8. The lowest BCUT2D eigenvalue weighted by Gasteiger charge is -2.24. The minimum atomic E-state index is -0.268. The van der Waals surface area contributed by atoms with Crippen molar-refractivity contribution in [3.05, 3.63) is 71.9 Å². The van der Waals surface area contributed by atoms with E-state index < -0.39 is 0 Å². The molecule has 5 rings (SSSR count). The number of anilines is 4. The van der Waals surface area contributed by atoms with Crippen molar-refractivity contribution in [1.29, 1.82) is 0 Å².